The molecule has 0 radical (unpaired) electrons. The van der Waals surface area contributed by atoms with Crippen LogP contribution in [0, 0.1) is 5.82 Å². The minimum Gasteiger partial charge on any atom is -0.334 e. The molecule has 2 amide bonds. The van der Waals surface area contributed by atoms with E-state index < -0.39 is 29.3 Å². The monoisotopic (exact) mass is 262 g/mol. The van der Waals surface area contributed by atoms with Gasteiger partial charge in [0.2, 0.25) is 0 Å². The zero-order chi connectivity index (χ0) is 13.8. The molecular formula is C11H10F4N2O. The molecule has 3 nitrogen and oxygen atoms in total. The topological polar surface area (TPSA) is 41.1 Å². The molecule has 0 saturated heterocycles. The van der Waals surface area contributed by atoms with Crippen LogP contribution in [0.5, 0.6) is 0 Å². The van der Waals surface area contributed by atoms with Crippen LogP contribution in [0.3, 0.4) is 0 Å². The highest BCUT2D eigenvalue weighted by molar-refractivity contribution is 5.89. The van der Waals surface area contributed by atoms with Crippen molar-refractivity contribution in [1.82, 2.24) is 5.32 Å². The Bertz CT molecular complexity index is 457. The first-order chi connectivity index (χ1) is 8.34. The number of hydrogen-bond donors (Lipinski definition) is 2. The standard InChI is InChI=1S/C11H10F4N2O/c1-2-5-16-10(18)17-9-6-7(11(13,14)15)3-4-8(9)12/h2-4,6H,1,5H2,(H2,16,17,18). The molecular weight excluding hydrogens is 252 g/mol. The summed E-state index contributed by atoms with van der Waals surface area (Å²) >= 11 is 0. The molecule has 1 rings (SSSR count). The highest BCUT2D eigenvalue weighted by atomic mass is 19.4. The SMILES string of the molecule is C=CCNC(=O)Nc1cc(C(F)(F)F)ccc1F. The fourth-order valence-corrected chi connectivity index (χ4v) is 1.13. The summed E-state index contributed by atoms with van der Waals surface area (Å²) in [6.45, 7) is 3.46. The number of anilines is 1. The van der Waals surface area contributed by atoms with Gasteiger partial charge in [0, 0.05) is 6.54 Å². The van der Waals surface area contributed by atoms with Crippen molar-refractivity contribution in [1.29, 1.82) is 0 Å². The molecule has 2 N–H and O–H groups in total. The summed E-state index contributed by atoms with van der Waals surface area (Å²) in [7, 11) is 0. The average molecular weight is 262 g/mol. The molecule has 18 heavy (non-hydrogen) atoms. The van der Waals surface area contributed by atoms with E-state index in [9.17, 15) is 22.4 Å². The smallest absolute Gasteiger partial charge is 0.334 e. The maximum Gasteiger partial charge on any atom is 0.416 e. The van der Waals surface area contributed by atoms with E-state index in [1.54, 1.807) is 0 Å². The number of carbonyl (C=O) groups is 1. The third kappa shape index (κ3) is 3.76. The van der Waals surface area contributed by atoms with E-state index in [4.69, 9.17) is 0 Å². The van der Waals surface area contributed by atoms with Crippen molar-refractivity contribution in [2.24, 2.45) is 0 Å². The van der Waals surface area contributed by atoms with E-state index >= 15 is 0 Å². The molecule has 0 aliphatic rings. The van der Waals surface area contributed by atoms with Gasteiger partial charge in [-0.15, -0.1) is 6.58 Å². The van der Waals surface area contributed by atoms with Gasteiger partial charge in [-0.1, -0.05) is 6.08 Å². The third-order valence-electron chi connectivity index (χ3n) is 1.95. The molecule has 1 aromatic rings. The molecule has 0 bridgehead atoms. The van der Waals surface area contributed by atoms with Crippen molar-refractivity contribution < 1.29 is 22.4 Å². The lowest BCUT2D eigenvalue weighted by Crippen LogP contribution is -2.29. The molecule has 0 heterocycles. The van der Waals surface area contributed by atoms with E-state index in [0.717, 1.165) is 0 Å². The van der Waals surface area contributed by atoms with Crippen molar-refractivity contribution in [2.75, 3.05) is 11.9 Å². The Balaban J connectivity index is 2.88. The average Bonchev–Trinajstić information content (AvgIpc) is 2.28. The van der Waals surface area contributed by atoms with E-state index in [1.807, 2.05) is 5.32 Å². The second-order valence-electron chi connectivity index (χ2n) is 3.32. The number of carbonyl (C=O) groups excluding carboxylic acids is 1. The van der Waals surface area contributed by atoms with E-state index in [0.29, 0.717) is 18.2 Å². The summed E-state index contributed by atoms with van der Waals surface area (Å²) in [4.78, 5) is 11.2. The number of alkyl halides is 3. The van der Waals surface area contributed by atoms with Crippen LogP contribution in [0.4, 0.5) is 28.0 Å². The van der Waals surface area contributed by atoms with Crippen molar-refractivity contribution >= 4 is 11.7 Å². The second kappa shape index (κ2) is 5.52. The quantitative estimate of drug-likeness (QED) is 0.637. The molecule has 0 saturated carbocycles. The maximum absolute atomic E-state index is 13.2. The Morgan fingerprint density at radius 2 is 2.06 bits per heavy atom. The van der Waals surface area contributed by atoms with Crippen molar-refractivity contribution in [2.45, 2.75) is 6.18 Å². The summed E-state index contributed by atoms with van der Waals surface area (Å²) in [5, 5.41) is 4.23. The van der Waals surface area contributed by atoms with Crippen LogP contribution in [-0.2, 0) is 6.18 Å². The fourth-order valence-electron chi connectivity index (χ4n) is 1.13. The van der Waals surface area contributed by atoms with E-state index in [1.165, 1.54) is 6.08 Å². The number of amides is 2. The van der Waals surface area contributed by atoms with Crippen LogP contribution >= 0.6 is 0 Å². The van der Waals surface area contributed by atoms with Gasteiger partial charge < -0.3 is 10.6 Å². The van der Waals surface area contributed by atoms with Crippen molar-refractivity contribution in [3.63, 3.8) is 0 Å². The molecule has 98 valence electrons. The van der Waals surface area contributed by atoms with Crippen LogP contribution in [0.1, 0.15) is 5.56 Å². The zero-order valence-corrected chi connectivity index (χ0v) is 9.14. The third-order valence-corrected chi connectivity index (χ3v) is 1.95. The predicted octanol–water partition coefficient (Wildman–Crippen LogP) is 3.15. The first-order valence-corrected chi connectivity index (χ1v) is 4.87. The lowest BCUT2D eigenvalue weighted by atomic mass is 10.2. The van der Waals surface area contributed by atoms with Gasteiger partial charge >= 0.3 is 12.2 Å². The number of halogens is 4. The molecule has 0 spiro atoms. The number of urea groups is 1. The lowest BCUT2D eigenvalue weighted by Gasteiger charge is -2.11. The van der Waals surface area contributed by atoms with Crippen molar-refractivity contribution in [3.8, 4) is 0 Å². The minimum atomic E-state index is -4.60. The Labute approximate surface area is 100 Å². The first-order valence-electron chi connectivity index (χ1n) is 4.87. The summed E-state index contributed by atoms with van der Waals surface area (Å²) in [6, 6.07) is 0.963. The van der Waals surface area contributed by atoms with Gasteiger partial charge in [-0.05, 0) is 18.2 Å². The molecule has 0 unspecified atom stereocenters. The Morgan fingerprint density at radius 1 is 1.39 bits per heavy atom. The summed E-state index contributed by atoms with van der Waals surface area (Å²) in [5.41, 5.74) is -1.57. The molecule has 0 atom stereocenters. The minimum absolute atomic E-state index is 0.117. The molecule has 1 aromatic carbocycles. The first kappa shape index (κ1) is 14.0. The van der Waals surface area contributed by atoms with E-state index in [-0.39, 0.29) is 6.54 Å². The van der Waals surface area contributed by atoms with Gasteiger partial charge in [0.05, 0.1) is 11.3 Å². The van der Waals surface area contributed by atoms with Crippen molar-refractivity contribution in [3.05, 3.63) is 42.2 Å². The highest BCUT2D eigenvalue weighted by Crippen LogP contribution is 2.31. The van der Waals surface area contributed by atoms with Crippen LogP contribution in [0.2, 0.25) is 0 Å². The number of hydrogen-bond acceptors (Lipinski definition) is 1. The zero-order valence-electron chi connectivity index (χ0n) is 9.14. The second-order valence-corrected chi connectivity index (χ2v) is 3.32. The fraction of sp³-hybridized carbons (Fsp3) is 0.182. The van der Waals surface area contributed by atoms with Crippen LogP contribution in [0.25, 0.3) is 0 Å². The van der Waals surface area contributed by atoms with Gasteiger partial charge in [0.1, 0.15) is 5.82 Å². The highest BCUT2D eigenvalue weighted by Gasteiger charge is 2.31. The summed E-state index contributed by atoms with van der Waals surface area (Å²) in [6.07, 6.45) is -3.22. The Hall–Kier alpha value is -2.05. The predicted molar refractivity (Wildman–Crippen MR) is 58.6 cm³/mol. The van der Waals surface area contributed by atoms with Gasteiger partial charge in [0.15, 0.2) is 0 Å². The Morgan fingerprint density at radius 3 is 2.61 bits per heavy atom. The number of benzene rings is 1. The van der Waals surface area contributed by atoms with E-state index in [2.05, 4.69) is 11.9 Å². The molecule has 0 aliphatic heterocycles. The van der Waals surface area contributed by atoms with Gasteiger partial charge in [-0.25, -0.2) is 9.18 Å². The normalized spacial score (nSPS) is 10.9. The molecule has 0 fully saturated rings. The van der Waals surface area contributed by atoms with Crippen LogP contribution in [0.15, 0.2) is 30.9 Å². The Kier molecular flexibility index (Phi) is 4.30. The summed E-state index contributed by atoms with van der Waals surface area (Å²) in [5.74, 6) is -0.947. The van der Waals surface area contributed by atoms with Gasteiger partial charge in [-0.2, -0.15) is 13.2 Å². The van der Waals surface area contributed by atoms with Crippen LogP contribution in [-0.4, -0.2) is 12.6 Å². The molecule has 7 heteroatoms. The summed E-state index contributed by atoms with van der Waals surface area (Å²) < 4.78 is 50.3. The number of nitrogens with one attached hydrogen (secondary N) is 2. The molecule has 0 aliphatic carbocycles. The molecule has 0 aromatic heterocycles. The largest absolute Gasteiger partial charge is 0.416 e. The number of rotatable bonds is 3. The maximum atomic E-state index is 13.2. The lowest BCUT2D eigenvalue weighted by molar-refractivity contribution is -0.137. The van der Waals surface area contributed by atoms with Gasteiger partial charge in [0.25, 0.3) is 0 Å². The van der Waals surface area contributed by atoms with Gasteiger partial charge in [-0.3, -0.25) is 0 Å². The van der Waals surface area contributed by atoms with Crippen LogP contribution < -0.4 is 10.6 Å².